The van der Waals surface area contributed by atoms with Crippen LogP contribution in [0.4, 0.5) is 0 Å². The minimum atomic E-state index is -0.160. The minimum Gasteiger partial charge on any atom is -0.459 e. The van der Waals surface area contributed by atoms with Crippen molar-refractivity contribution in [1.82, 2.24) is 14.9 Å². The number of carbonyl (C=O) groups excluding carboxylic acids is 1. The Morgan fingerprint density at radius 1 is 0.967 bits per heavy atom. The summed E-state index contributed by atoms with van der Waals surface area (Å²) in [5, 5.41) is 2.92. The second-order valence-electron chi connectivity index (χ2n) is 7.98. The number of benzene rings is 1. The number of unbranched alkanes of at least 4 members (excludes halogenated alkanes) is 7. The number of hydrogen-bond acceptors (Lipinski definition) is 3. The molecule has 0 spiro atoms. The van der Waals surface area contributed by atoms with Crippen LogP contribution in [0.25, 0.3) is 11.0 Å². The molecule has 3 aromatic rings. The third kappa shape index (κ3) is 6.48. The Hall–Kier alpha value is -2.56. The van der Waals surface area contributed by atoms with Crippen molar-refractivity contribution in [1.29, 1.82) is 0 Å². The molecule has 5 nitrogen and oxygen atoms in total. The van der Waals surface area contributed by atoms with Gasteiger partial charge in [0.05, 0.1) is 17.3 Å². The number of carbonyl (C=O) groups is 1. The highest BCUT2D eigenvalue weighted by Gasteiger charge is 2.11. The summed E-state index contributed by atoms with van der Waals surface area (Å²) < 4.78 is 7.51. The van der Waals surface area contributed by atoms with Gasteiger partial charge in [-0.3, -0.25) is 4.79 Å². The molecule has 2 heterocycles. The summed E-state index contributed by atoms with van der Waals surface area (Å²) in [7, 11) is 0. The molecule has 3 rings (SSSR count). The highest BCUT2D eigenvalue weighted by atomic mass is 16.3. The Balaban J connectivity index is 1.47. The molecule has 0 radical (unpaired) electrons. The van der Waals surface area contributed by atoms with Crippen molar-refractivity contribution in [3.63, 3.8) is 0 Å². The molecular weight excluding hydrogens is 374 g/mol. The van der Waals surface area contributed by atoms with Crippen LogP contribution < -0.4 is 5.32 Å². The maximum absolute atomic E-state index is 12.0. The second kappa shape index (κ2) is 12.2. The van der Waals surface area contributed by atoms with Crippen LogP contribution >= 0.6 is 0 Å². The molecule has 0 bridgehead atoms. The second-order valence-corrected chi connectivity index (χ2v) is 7.98. The Morgan fingerprint density at radius 2 is 1.73 bits per heavy atom. The number of para-hydroxylation sites is 2. The van der Waals surface area contributed by atoms with E-state index in [0.29, 0.717) is 12.3 Å². The summed E-state index contributed by atoms with van der Waals surface area (Å²) in [6.07, 6.45) is 13.8. The predicted molar refractivity (Wildman–Crippen MR) is 122 cm³/mol. The highest BCUT2D eigenvalue weighted by molar-refractivity contribution is 5.91. The fraction of sp³-hybridized carbons (Fsp3) is 0.520. The molecule has 30 heavy (non-hydrogen) atoms. The fourth-order valence-corrected chi connectivity index (χ4v) is 3.91. The number of hydrogen-bond donors (Lipinski definition) is 1. The van der Waals surface area contributed by atoms with E-state index >= 15 is 0 Å². The number of aryl methyl sites for hydroxylation is 2. The highest BCUT2D eigenvalue weighted by Crippen LogP contribution is 2.19. The molecule has 0 atom stereocenters. The largest absolute Gasteiger partial charge is 0.459 e. The van der Waals surface area contributed by atoms with Crippen molar-refractivity contribution in [3.05, 3.63) is 54.2 Å². The van der Waals surface area contributed by atoms with Crippen LogP contribution in [0.2, 0.25) is 0 Å². The molecule has 1 N–H and O–H groups in total. The van der Waals surface area contributed by atoms with Gasteiger partial charge in [0.1, 0.15) is 5.82 Å². The van der Waals surface area contributed by atoms with Gasteiger partial charge in [-0.15, -0.1) is 0 Å². The quantitative estimate of drug-likeness (QED) is 0.326. The van der Waals surface area contributed by atoms with E-state index in [9.17, 15) is 4.79 Å². The summed E-state index contributed by atoms with van der Waals surface area (Å²) in [5.74, 6) is 1.32. The van der Waals surface area contributed by atoms with E-state index in [4.69, 9.17) is 9.40 Å². The SMILES string of the molecule is CCCCCCCCCCn1c(CCCNC(=O)c2ccco2)nc2ccccc21. The topological polar surface area (TPSA) is 60.1 Å². The number of amides is 1. The molecular formula is C25H35N3O2. The van der Waals surface area contributed by atoms with Crippen molar-refractivity contribution in [3.8, 4) is 0 Å². The molecule has 0 unspecified atom stereocenters. The van der Waals surface area contributed by atoms with Gasteiger partial charge >= 0.3 is 0 Å². The van der Waals surface area contributed by atoms with Crippen LogP contribution in [0.3, 0.4) is 0 Å². The summed E-state index contributed by atoms with van der Waals surface area (Å²) in [5.41, 5.74) is 2.28. The Morgan fingerprint density at radius 3 is 2.50 bits per heavy atom. The molecule has 5 heteroatoms. The van der Waals surface area contributed by atoms with E-state index in [1.165, 1.54) is 63.1 Å². The lowest BCUT2D eigenvalue weighted by molar-refractivity contribution is 0.0925. The molecule has 162 valence electrons. The van der Waals surface area contributed by atoms with Crippen LogP contribution in [-0.4, -0.2) is 22.0 Å². The van der Waals surface area contributed by atoms with Crippen LogP contribution in [-0.2, 0) is 13.0 Å². The lowest BCUT2D eigenvalue weighted by Crippen LogP contribution is -2.24. The van der Waals surface area contributed by atoms with Gasteiger partial charge in [0, 0.05) is 19.5 Å². The average Bonchev–Trinajstić information content (AvgIpc) is 3.41. The first kappa shape index (κ1) is 22.1. The number of nitrogens with zero attached hydrogens (tertiary/aromatic N) is 2. The van der Waals surface area contributed by atoms with Crippen LogP contribution in [0.15, 0.2) is 47.1 Å². The van der Waals surface area contributed by atoms with E-state index in [1.807, 2.05) is 6.07 Å². The minimum absolute atomic E-state index is 0.160. The van der Waals surface area contributed by atoms with E-state index in [-0.39, 0.29) is 5.91 Å². The van der Waals surface area contributed by atoms with Gasteiger partial charge in [-0.05, 0) is 37.1 Å². The van der Waals surface area contributed by atoms with Gasteiger partial charge in [0.25, 0.3) is 5.91 Å². The molecule has 0 aliphatic carbocycles. The molecule has 1 amide bonds. The normalized spacial score (nSPS) is 11.2. The maximum Gasteiger partial charge on any atom is 0.286 e. The van der Waals surface area contributed by atoms with Crippen LogP contribution in [0.1, 0.15) is 81.1 Å². The third-order valence-corrected chi connectivity index (χ3v) is 5.58. The van der Waals surface area contributed by atoms with Gasteiger partial charge in [0.15, 0.2) is 5.76 Å². The molecule has 0 aliphatic rings. The average molecular weight is 410 g/mol. The van der Waals surface area contributed by atoms with E-state index in [1.54, 1.807) is 12.1 Å². The van der Waals surface area contributed by atoms with Gasteiger partial charge in [-0.2, -0.15) is 0 Å². The smallest absolute Gasteiger partial charge is 0.286 e. The fourth-order valence-electron chi connectivity index (χ4n) is 3.91. The molecule has 2 aromatic heterocycles. The number of nitrogens with one attached hydrogen (secondary N) is 1. The number of aromatic nitrogens is 2. The summed E-state index contributed by atoms with van der Waals surface area (Å²) >= 11 is 0. The van der Waals surface area contributed by atoms with Crippen LogP contribution in [0.5, 0.6) is 0 Å². The molecule has 0 fully saturated rings. The summed E-state index contributed by atoms with van der Waals surface area (Å²) in [6.45, 7) is 3.89. The zero-order chi connectivity index (χ0) is 21.0. The van der Waals surface area contributed by atoms with Crippen molar-refractivity contribution in [2.75, 3.05) is 6.54 Å². The first-order valence-electron chi connectivity index (χ1n) is 11.6. The van der Waals surface area contributed by atoms with Crippen molar-refractivity contribution in [2.45, 2.75) is 77.7 Å². The van der Waals surface area contributed by atoms with Crippen LogP contribution in [0, 0.1) is 0 Å². The number of imidazole rings is 1. The van der Waals surface area contributed by atoms with E-state index in [2.05, 4.69) is 35.0 Å². The first-order valence-corrected chi connectivity index (χ1v) is 11.6. The Labute approximate surface area is 179 Å². The monoisotopic (exact) mass is 409 g/mol. The predicted octanol–water partition coefficient (Wildman–Crippen LogP) is 6.13. The molecule has 1 aromatic carbocycles. The van der Waals surface area contributed by atoms with E-state index < -0.39 is 0 Å². The van der Waals surface area contributed by atoms with Gasteiger partial charge in [-0.25, -0.2) is 4.98 Å². The maximum atomic E-state index is 12.0. The van der Waals surface area contributed by atoms with E-state index in [0.717, 1.165) is 30.7 Å². The van der Waals surface area contributed by atoms with Gasteiger partial charge in [0.2, 0.25) is 0 Å². The first-order chi connectivity index (χ1) is 14.8. The van der Waals surface area contributed by atoms with Crippen molar-refractivity contribution in [2.24, 2.45) is 0 Å². The zero-order valence-electron chi connectivity index (χ0n) is 18.2. The number of rotatable bonds is 14. The molecule has 0 aliphatic heterocycles. The zero-order valence-corrected chi connectivity index (χ0v) is 18.2. The lowest BCUT2D eigenvalue weighted by atomic mass is 10.1. The van der Waals surface area contributed by atoms with Gasteiger partial charge in [-0.1, -0.05) is 64.0 Å². The molecule has 0 saturated heterocycles. The Kier molecular flexibility index (Phi) is 9.01. The standard InChI is InChI=1S/C25H35N3O2/c1-2-3-4-5-6-7-8-11-19-28-22-15-10-9-14-21(22)27-24(28)17-12-18-26-25(29)23-16-13-20-30-23/h9-10,13-16,20H,2-8,11-12,17-19H2,1H3,(H,26,29). The van der Waals surface area contributed by atoms with Crippen molar-refractivity contribution >= 4 is 16.9 Å². The Bertz CT molecular complexity index is 883. The molecule has 0 saturated carbocycles. The number of fused-ring (bicyclic) bond motifs is 1. The third-order valence-electron chi connectivity index (χ3n) is 5.58. The van der Waals surface area contributed by atoms with Gasteiger partial charge < -0.3 is 14.3 Å². The summed E-state index contributed by atoms with van der Waals surface area (Å²) in [6, 6.07) is 11.8. The summed E-state index contributed by atoms with van der Waals surface area (Å²) in [4.78, 5) is 16.8. The van der Waals surface area contributed by atoms with Crippen molar-refractivity contribution < 1.29 is 9.21 Å². The lowest BCUT2D eigenvalue weighted by Gasteiger charge is -2.10. The number of furan rings is 1.